The Bertz CT molecular complexity index is 651. The molecule has 6 nitrogen and oxygen atoms in total. The largest absolute Gasteiger partial charge is 0.478 e. The van der Waals surface area contributed by atoms with Gasteiger partial charge >= 0.3 is 5.97 Å². The number of carbonyl (C=O) groups excluding carboxylic acids is 1. The van der Waals surface area contributed by atoms with E-state index in [9.17, 15) is 9.59 Å². The molecule has 98 valence electrons. The zero-order chi connectivity index (χ0) is 14.0. The number of hydrogen-bond acceptors (Lipinski definition) is 3. The summed E-state index contributed by atoms with van der Waals surface area (Å²) in [7, 11) is 0. The summed E-state index contributed by atoms with van der Waals surface area (Å²) in [5, 5.41) is 18.1. The van der Waals surface area contributed by atoms with Gasteiger partial charge in [0, 0.05) is 10.2 Å². The van der Waals surface area contributed by atoms with Gasteiger partial charge in [0.15, 0.2) is 5.69 Å². The third kappa shape index (κ3) is 3.00. The molecule has 0 saturated carbocycles. The average molecular weight is 324 g/mol. The van der Waals surface area contributed by atoms with E-state index in [1.807, 2.05) is 0 Å². The molecule has 0 spiro atoms. The van der Waals surface area contributed by atoms with Crippen molar-refractivity contribution in [2.24, 2.45) is 0 Å². The van der Waals surface area contributed by atoms with Crippen molar-refractivity contribution in [3.05, 3.63) is 45.7 Å². The summed E-state index contributed by atoms with van der Waals surface area (Å²) in [6, 6.07) is 6.17. The first-order valence-corrected chi connectivity index (χ1v) is 6.13. The van der Waals surface area contributed by atoms with Crippen LogP contribution in [0.1, 0.15) is 26.5 Å². The lowest BCUT2D eigenvalue weighted by molar-refractivity contribution is 0.0698. The second-order valence-electron chi connectivity index (χ2n) is 3.89. The number of aryl methyl sites for hydroxylation is 1. The Kier molecular flexibility index (Phi) is 3.66. The normalized spacial score (nSPS) is 10.2. The minimum atomic E-state index is -1.12. The van der Waals surface area contributed by atoms with Gasteiger partial charge in [0.1, 0.15) is 0 Å². The standard InChI is InChI=1S/C12H10BrN3O3/c1-6-4-10(16-15-6)11(17)14-9-3-2-7(13)5-8(9)12(18)19/h2-5H,1H3,(H,14,17)(H,15,16)(H,18,19). The fourth-order valence-corrected chi connectivity index (χ4v) is 1.88. The number of nitrogens with one attached hydrogen (secondary N) is 2. The van der Waals surface area contributed by atoms with Crippen molar-refractivity contribution in [2.75, 3.05) is 5.32 Å². The second-order valence-corrected chi connectivity index (χ2v) is 4.80. The van der Waals surface area contributed by atoms with E-state index in [2.05, 4.69) is 31.4 Å². The fraction of sp³-hybridized carbons (Fsp3) is 0.0833. The maximum absolute atomic E-state index is 11.9. The number of aromatic amines is 1. The SMILES string of the molecule is Cc1cc(C(=O)Nc2ccc(Br)cc2C(=O)O)n[nH]1. The zero-order valence-corrected chi connectivity index (χ0v) is 11.5. The highest BCUT2D eigenvalue weighted by Crippen LogP contribution is 2.21. The maximum atomic E-state index is 11.9. The lowest BCUT2D eigenvalue weighted by Crippen LogP contribution is -2.15. The summed E-state index contributed by atoms with van der Waals surface area (Å²) in [5.41, 5.74) is 1.19. The zero-order valence-electron chi connectivity index (χ0n) is 9.90. The maximum Gasteiger partial charge on any atom is 0.337 e. The number of carbonyl (C=O) groups is 2. The van der Waals surface area contributed by atoms with E-state index < -0.39 is 11.9 Å². The Hall–Kier alpha value is -2.15. The van der Waals surface area contributed by atoms with Crippen LogP contribution in [0.25, 0.3) is 0 Å². The van der Waals surface area contributed by atoms with E-state index in [0.29, 0.717) is 4.47 Å². The van der Waals surface area contributed by atoms with Crippen LogP contribution in [0.2, 0.25) is 0 Å². The third-order valence-electron chi connectivity index (χ3n) is 2.40. The molecule has 7 heteroatoms. The summed E-state index contributed by atoms with van der Waals surface area (Å²) >= 11 is 3.19. The second kappa shape index (κ2) is 5.23. The van der Waals surface area contributed by atoms with E-state index in [1.165, 1.54) is 12.1 Å². The van der Waals surface area contributed by atoms with Crippen molar-refractivity contribution < 1.29 is 14.7 Å². The van der Waals surface area contributed by atoms with Crippen molar-refractivity contribution in [1.82, 2.24) is 10.2 Å². The number of rotatable bonds is 3. The van der Waals surface area contributed by atoms with Gasteiger partial charge < -0.3 is 10.4 Å². The van der Waals surface area contributed by atoms with Gasteiger partial charge in [0.2, 0.25) is 0 Å². The Labute approximate surface area is 117 Å². The summed E-state index contributed by atoms with van der Waals surface area (Å²) < 4.78 is 0.624. The van der Waals surface area contributed by atoms with E-state index in [1.54, 1.807) is 19.1 Å². The summed E-state index contributed by atoms with van der Waals surface area (Å²) in [4.78, 5) is 23.0. The predicted octanol–water partition coefficient (Wildman–Crippen LogP) is 2.43. The number of anilines is 1. The molecule has 2 aromatic rings. The molecule has 1 aromatic carbocycles. The number of halogens is 1. The number of benzene rings is 1. The number of hydrogen-bond donors (Lipinski definition) is 3. The van der Waals surface area contributed by atoms with E-state index in [4.69, 9.17) is 5.11 Å². The monoisotopic (exact) mass is 323 g/mol. The Balaban J connectivity index is 2.28. The van der Waals surface area contributed by atoms with E-state index in [-0.39, 0.29) is 16.9 Å². The van der Waals surface area contributed by atoms with Crippen molar-refractivity contribution in [3.8, 4) is 0 Å². The molecule has 1 heterocycles. The van der Waals surface area contributed by atoms with Crippen molar-refractivity contribution >= 4 is 33.5 Å². The van der Waals surface area contributed by atoms with Gasteiger partial charge in [-0.05, 0) is 31.2 Å². The molecular formula is C12H10BrN3O3. The van der Waals surface area contributed by atoms with Crippen molar-refractivity contribution in [2.45, 2.75) is 6.92 Å². The lowest BCUT2D eigenvalue weighted by atomic mass is 10.1. The quantitative estimate of drug-likeness (QED) is 0.808. The number of nitrogens with zero attached hydrogens (tertiary/aromatic N) is 1. The molecule has 0 atom stereocenters. The van der Waals surface area contributed by atoms with Gasteiger partial charge in [-0.1, -0.05) is 15.9 Å². The molecule has 1 amide bonds. The van der Waals surface area contributed by atoms with Crippen molar-refractivity contribution in [1.29, 1.82) is 0 Å². The molecule has 0 aliphatic heterocycles. The number of aromatic nitrogens is 2. The summed E-state index contributed by atoms with van der Waals surface area (Å²) in [5.74, 6) is -1.58. The minimum absolute atomic E-state index is 0.00924. The number of H-pyrrole nitrogens is 1. The molecule has 0 aliphatic rings. The Morgan fingerprint density at radius 2 is 2.11 bits per heavy atom. The Morgan fingerprint density at radius 1 is 1.37 bits per heavy atom. The summed E-state index contributed by atoms with van der Waals surface area (Å²) in [6.07, 6.45) is 0. The van der Waals surface area contributed by atoms with Crippen molar-refractivity contribution in [3.63, 3.8) is 0 Å². The molecule has 0 saturated heterocycles. The van der Waals surface area contributed by atoms with Crippen LogP contribution in [-0.2, 0) is 0 Å². The van der Waals surface area contributed by atoms with Gasteiger partial charge in [0.05, 0.1) is 11.3 Å². The van der Waals surface area contributed by atoms with E-state index in [0.717, 1.165) is 5.69 Å². The molecule has 19 heavy (non-hydrogen) atoms. The van der Waals surface area contributed by atoms with Gasteiger partial charge in [-0.15, -0.1) is 0 Å². The smallest absolute Gasteiger partial charge is 0.337 e. The molecular weight excluding hydrogens is 314 g/mol. The topological polar surface area (TPSA) is 95.1 Å². The number of amides is 1. The molecule has 0 radical (unpaired) electrons. The van der Waals surface area contributed by atoms with Crippen LogP contribution in [0.4, 0.5) is 5.69 Å². The van der Waals surface area contributed by atoms with Crippen LogP contribution < -0.4 is 5.32 Å². The summed E-state index contributed by atoms with van der Waals surface area (Å²) in [6.45, 7) is 1.77. The highest BCUT2D eigenvalue weighted by Gasteiger charge is 2.15. The van der Waals surface area contributed by atoms with Crippen LogP contribution in [0.15, 0.2) is 28.7 Å². The lowest BCUT2D eigenvalue weighted by Gasteiger charge is -2.07. The predicted molar refractivity (Wildman–Crippen MR) is 72.4 cm³/mol. The number of carboxylic acids is 1. The average Bonchev–Trinajstić information content (AvgIpc) is 2.78. The van der Waals surface area contributed by atoms with Gasteiger partial charge in [0.25, 0.3) is 5.91 Å². The molecule has 1 aromatic heterocycles. The van der Waals surface area contributed by atoms with Gasteiger partial charge in [-0.2, -0.15) is 5.10 Å². The highest BCUT2D eigenvalue weighted by molar-refractivity contribution is 9.10. The van der Waals surface area contributed by atoms with Crippen LogP contribution in [0.3, 0.4) is 0 Å². The third-order valence-corrected chi connectivity index (χ3v) is 2.89. The van der Waals surface area contributed by atoms with Gasteiger partial charge in [-0.3, -0.25) is 9.89 Å². The first-order valence-electron chi connectivity index (χ1n) is 5.33. The number of aromatic carboxylic acids is 1. The number of carboxylic acid groups (broad SMARTS) is 1. The highest BCUT2D eigenvalue weighted by atomic mass is 79.9. The van der Waals surface area contributed by atoms with Crippen LogP contribution in [0, 0.1) is 6.92 Å². The van der Waals surface area contributed by atoms with Gasteiger partial charge in [-0.25, -0.2) is 4.79 Å². The van der Waals surface area contributed by atoms with E-state index >= 15 is 0 Å². The molecule has 0 unspecified atom stereocenters. The van der Waals surface area contributed by atoms with Crippen LogP contribution in [-0.4, -0.2) is 27.2 Å². The molecule has 0 fully saturated rings. The fourth-order valence-electron chi connectivity index (χ4n) is 1.52. The first kappa shape index (κ1) is 13.3. The molecule has 0 aliphatic carbocycles. The Morgan fingerprint density at radius 3 is 2.68 bits per heavy atom. The van der Waals surface area contributed by atoms with Crippen LogP contribution in [0.5, 0.6) is 0 Å². The first-order chi connectivity index (χ1) is 8.97. The molecule has 3 N–H and O–H groups in total. The minimum Gasteiger partial charge on any atom is -0.478 e. The molecule has 2 rings (SSSR count). The van der Waals surface area contributed by atoms with Crippen LogP contribution >= 0.6 is 15.9 Å². The molecule has 0 bridgehead atoms.